The van der Waals surface area contributed by atoms with Gasteiger partial charge < -0.3 is 0 Å². The first-order chi connectivity index (χ1) is 18.5. The van der Waals surface area contributed by atoms with Crippen LogP contribution in [-0.2, 0) is 11.8 Å². The van der Waals surface area contributed by atoms with Crippen LogP contribution in [0.25, 0.3) is 16.9 Å². The number of carbonyl (C=O) groups excluding carboxylic acids is 1. The second kappa shape index (κ2) is 9.87. The maximum Gasteiger partial charge on any atom is 0.270 e. The summed E-state index contributed by atoms with van der Waals surface area (Å²) in [6, 6.07) is 23.3. The number of anilines is 1. The number of fused-ring (bicyclic) bond motifs is 4. The second-order valence-electron chi connectivity index (χ2n) is 10.3. The van der Waals surface area contributed by atoms with Gasteiger partial charge in [0.25, 0.3) is 11.5 Å². The highest BCUT2D eigenvalue weighted by molar-refractivity contribution is 9.10. The Balaban J connectivity index is 1.55. The Labute approximate surface area is 230 Å². The van der Waals surface area contributed by atoms with Crippen LogP contribution in [0.5, 0.6) is 0 Å². The zero-order valence-corrected chi connectivity index (χ0v) is 22.8. The quantitative estimate of drug-likeness (QED) is 0.276. The number of hydrogen-bond acceptors (Lipinski definition) is 4. The van der Waals surface area contributed by atoms with Crippen LogP contribution < -0.4 is 16.4 Å². The number of carbonyl (C=O) groups is 1. The fourth-order valence-electron chi connectivity index (χ4n) is 6.15. The van der Waals surface area contributed by atoms with Gasteiger partial charge >= 0.3 is 0 Å². The molecule has 0 unspecified atom stereocenters. The summed E-state index contributed by atoms with van der Waals surface area (Å²) in [7, 11) is 0. The van der Waals surface area contributed by atoms with Gasteiger partial charge in [0.1, 0.15) is 0 Å². The van der Waals surface area contributed by atoms with Gasteiger partial charge in [0.2, 0.25) is 5.95 Å². The van der Waals surface area contributed by atoms with Gasteiger partial charge in [-0.05, 0) is 71.4 Å². The second-order valence-corrected chi connectivity index (χ2v) is 11.2. The van der Waals surface area contributed by atoms with E-state index in [4.69, 9.17) is 4.98 Å². The summed E-state index contributed by atoms with van der Waals surface area (Å²) in [6.45, 7) is 1.98. The number of hydrazine groups is 1. The van der Waals surface area contributed by atoms with E-state index in [1.54, 1.807) is 16.7 Å². The Morgan fingerprint density at radius 1 is 0.947 bits per heavy atom. The Morgan fingerprint density at radius 2 is 1.66 bits per heavy atom. The Bertz CT molecular complexity index is 1600. The molecule has 3 aromatic carbocycles. The van der Waals surface area contributed by atoms with E-state index in [1.165, 1.54) is 12.0 Å². The van der Waals surface area contributed by atoms with Crippen molar-refractivity contribution in [1.82, 2.24) is 15.0 Å². The van der Waals surface area contributed by atoms with Crippen molar-refractivity contribution in [3.8, 4) is 16.9 Å². The zero-order valence-electron chi connectivity index (χ0n) is 21.3. The third-order valence-corrected chi connectivity index (χ3v) is 8.68. The highest BCUT2D eigenvalue weighted by Crippen LogP contribution is 2.48. The maximum absolute atomic E-state index is 14.6. The van der Waals surface area contributed by atoms with E-state index in [1.807, 2.05) is 49.4 Å². The van der Waals surface area contributed by atoms with Crippen molar-refractivity contribution in [3.05, 3.63) is 110 Å². The van der Waals surface area contributed by atoms with E-state index in [0.29, 0.717) is 10.0 Å². The lowest BCUT2D eigenvalue weighted by molar-refractivity contribution is 0.0961. The lowest BCUT2D eigenvalue weighted by Gasteiger charge is -2.42. The third-order valence-electron chi connectivity index (χ3n) is 7.99. The predicted molar refractivity (Wildman–Crippen MR) is 154 cm³/mol. The molecule has 1 aromatic heterocycles. The molecule has 1 fully saturated rings. The Morgan fingerprint density at radius 3 is 2.45 bits per heavy atom. The smallest absolute Gasteiger partial charge is 0.268 e. The molecule has 2 N–H and O–H groups in total. The maximum atomic E-state index is 14.6. The van der Waals surface area contributed by atoms with Crippen LogP contribution in [0.1, 0.15) is 59.2 Å². The van der Waals surface area contributed by atoms with Crippen LogP contribution >= 0.6 is 15.9 Å². The number of para-hydroxylation sites is 1. The number of benzene rings is 3. The summed E-state index contributed by atoms with van der Waals surface area (Å²) in [5.41, 5.74) is 11.4. The number of aromatic nitrogens is 2. The van der Waals surface area contributed by atoms with Crippen molar-refractivity contribution >= 4 is 27.8 Å². The van der Waals surface area contributed by atoms with Gasteiger partial charge in [0.05, 0.1) is 22.5 Å². The molecular weight excluding hydrogens is 540 g/mol. The van der Waals surface area contributed by atoms with Crippen LogP contribution in [0.3, 0.4) is 0 Å². The molecule has 0 radical (unpaired) electrons. The normalized spacial score (nSPS) is 15.4. The third kappa shape index (κ3) is 4.15. The SMILES string of the molecule is Cc1ccccc1-n1c(NNC(=O)c2ccccc2Br)nc2c(c1=O)C1(CCCCC1)Cc1ccccc1-2. The van der Waals surface area contributed by atoms with Gasteiger partial charge in [-0.1, -0.05) is 73.9 Å². The molecule has 0 saturated heterocycles. The summed E-state index contributed by atoms with van der Waals surface area (Å²) in [5, 5.41) is 0. The zero-order chi connectivity index (χ0) is 26.3. The summed E-state index contributed by atoms with van der Waals surface area (Å²) < 4.78 is 2.32. The molecule has 2 aliphatic carbocycles. The predicted octanol–water partition coefficient (Wildman–Crippen LogP) is 6.49. The average Bonchev–Trinajstić information content (AvgIpc) is 2.93. The molecule has 4 aromatic rings. The van der Waals surface area contributed by atoms with E-state index in [0.717, 1.165) is 60.2 Å². The fourth-order valence-corrected chi connectivity index (χ4v) is 6.62. The number of halogens is 1. The Hall–Kier alpha value is -3.71. The number of nitrogens with one attached hydrogen (secondary N) is 2. The minimum atomic E-state index is -0.329. The molecule has 0 atom stereocenters. The molecule has 1 heterocycles. The molecule has 1 saturated carbocycles. The van der Waals surface area contributed by atoms with Crippen LogP contribution in [0.4, 0.5) is 5.95 Å². The Kier molecular flexibility index (Phi) is 6.40. The number of hydrogen-bond donors (Lipinski definition) is 2. The molecule has 6 nitrogen and oxygen atoms in total. The lowest BCUT2D eigenvalue weighted by Crippen LogP contribution is -2.44. The fraction of sp³-hybridized carbons (Fsp3) is 0.258. The standard InChI is InChI=1S/C31H29BrN4O2/c1-20-11-3-8-16-25(20)36-29(38)26-27(33-30(36)35-34-28(37)23-14-6-7-15-24(23)32)22-13-5-4-12-21(22)19-31(26)17-9-2-10-18-31/h3-8,11-16H,2,9-10,17-19H2,1H3,(H,33,35)(H,34,37). The van der Waals surface area contributed by atoms with Gasteiger partial charge in [-0.15, -0.1) is 0 Å². The minimum Gasteiger partial charge on any atom is -0.268 e. The summed E-state index contributed by atoms with van der Waals surface area (Å²) in [5.74, 6) is -0.0453. The first-order valence-corrected chi connectivity index (χ1v) is 13.9. The van der Waals surface area contributed by atoms with Gasteiger partial charge in [-0.3, -0.25) is 20.4 Å². The van der Waals surface area contributed by atoms with E-state index in [-0.39, 0.29) is 22.8 Å². The largest absolute Gasteiger partial charge is 0.270 e. The van der Waals surface area contributed by atoms with Gasteiger partial charge in [-0.2, -0.15) is 0 Å². The van der Waals surface area contributed by atoms with E-state index >= 15 is 0 Å². The number of aryl methyl sites for hydroxylation is 1. The van der Waals surface area contributed by atoms with Gasteiger partial charge in [0.15, 0.2) is 0 Å². The number of nitrogens with zero attached hydrogens (tertiary/aromatic N) is 2. The molecule has 0 aliphatic heterocycles. The molecule has 0 bridgehead atoms. The van der Waals surface area contributed by atoms with Crippen molar-refractivity contribution in [3.63, 3.8) is 0 Å². The summed E-state index contributed by atoms with van der Waals surface area (Å²) >= 11 is 3.44. The van der Waals surface area contributed by atoms with Crippen LogP contribution in [0.15, 0.2) is 82.1 Å². The van der Waals surface area contributed by atoms with Crippen molar-refractivity contribution in [1.29, 1.82) is 0 Å². The van der Waals surface area contributed by atoms with Gasteiger partial charge in [0, 0.05) is 15.5 Å². The van der Waals surface area contributed by atoms with Crippen molar-refractivity contribution in [2.24, 2.45) is 0 Å². The molecule has 38 heavy (non-hydrogen) atoms. The first-order valence-electron chi connectivity index (χ1n) is 13.1. The highest BCUT2D eigenvalue weighted by Gasteiger charge is 2.43. The highest BCUT2D eigenvalue weighted by atomic mass is 79.9. The number of rotatable bonds is 4. The topological polar surface area (TPSA) is 76.0 Å². The van der Waals surface area contributed by atoms with Crippen LogP contribution in [0.2, 0.25) is 0 Å². The van der Waals surface area contributed by atoms with E-state index < -0.39 is 0 Å². The van der Waals surface area contributed by atoms with Crippen LogP contribution in [0, 0.1) is 6.92 Å². The average molecular weight is 570 g/mol. The van der Waals surface area contributed by atoms with E-state index in [2.05, 4.69) is 45.0 Å². The first kappa shape index (κ1) is 24.6. The van der Waals surface area contributed by atoms with Crippen molar-refractivity contribution in [2.45, 2.75) is 50.9 Å². The number of amides is 1. The molecule has 1 spiro atoms. The molecular formula is C31H29BrN4O2. The van der Waals surface area contributed by atoms with Gasteiger partial charge in [-0.25, -0.2) is 9.55 Å². The molecule has 6 rings (SSSR count). The monoisotopic (exact) mass is 568 g/mol. The molecule has 7 heteroatoms. The molecule has 192 valence electrons. The van der Waals surface area contributed by atoms with Crippen molar-refractivity contribution < 1.29 is 4.79 Å². The summed E-state index contributed by atoms with van der Waals surface area (Å²) in [6.07, 6.45) is 6.21. The lowest BCUT2D eigenvalue weighted by atomic mass is 9.62. The summed E-state index contributed by atoms with van der Waals surface area (Å²) in [4.78, 5) is 32.7. The van der Waals surface area contributed by atoms with Crippen molar-refractivity contribution in [2.75, 3.05) is 5.43 Å². The minimum absolute atomic E-state index is 0.0710. The van der Waals surface area contributed by atoms with E-state index in [9.17, 15) is 9.59 Å². The van der Waals surface area contributed by atoms with Crippen LogP contribution in [-0.4, -0.2) is 15.5 Å². The molecule has 1 amide bonds. The molecule has 2 aliphatic rings.